The van der Waals surface area contributed by atoms with Crippen LogP contribution in [0.3, 0.4) is 0 Å². The lowest BCUT2D eigenvalue weighted by Gasteiger charge is -2.41. The van der Waals surface area contributed by atoms with Crippen LogP contribution < -0.4 is 0 Å². The maximum atomic E-state index is 11.7. The van der Waals surface area contributed by atoms with Gasteiger partial charge in [-0.25, -0.2) is 0 Å². The van der Waals surface area contributed by atoms with E-state index in [2.05, 4.69) is 0 Å². The smallest absolute Gasteiger partial charge is 0.314 e. The molecule has 0 aromatic rings. The Morgan fingerprint density at radius 3 is 2.56 bits per heavy atom. The first kappa shape index (κ1) is 13.7. The number of ether oxygens (including phenoxy) is 3. The van der Waals surface area contributed by atoms with Gasteiger partial charge < -0.3 is 24.4 Å². The van der Waals surface area contributed by atoms with Crippen molar-refractivity contribution in [2.45, 2.75) is 32.0 Å². The van der Waals surface area contributed by atoms with E-state index in [9.17, 15) is 15.0 Å². The molecule has 1 saturated heterocycles. The highest BCUT2D eigenvalue weighted by molar-refractivity contribution is 5.73. The van der Waals surface area contributed by atoms with Gasteiger partial charge in [-0.1, -0.05) is 6.92 Å². The Kier molecular flexibility index (Phi) is 3.91. The molecular formula is C12H20O6. The van der Waals surface area contributed by atoms with Crippen molar-refractivity contribution in [3.8, 4) is 0 Å². The monoisotopic (exact) mass is 260 g/mol. The Bertz CT molecular complexity index is 320. The van der Waals surface area contributed by atoms with Crippen LogP contribution in [0, 0.1) is 23.7 Å². The summed E-state index contributed by atoms with van der Waals surface area (Å²) in [6.07, 6.45) is -1.91. The van der Waals surface area contributed by atoms with Crippen molar-refractivity contribution < 1.29 is 29.2 Å². The molecule has 0 radical (unpaired) electrons. The van der Waals surface area contributed by atoms with Crippen molar-refractivity contribution in [2.24, 2.45) is 23.7 Å². The fraction of sp³-hybridized carbons (Fsp3) is 0.917. The number of aliphatic hydroxyl groups is 2. The summed E-state index contributed by atoms with van der Waals surface area (Å²) in [7, 11) is 2.77. The van der Waals surface area contributed by atoms with Gasteiger partial charge in [-0.15, -0.1) is 0 Å². The third-order valence-electron chi connectivity index (χ3n) is 4.28. The van der Waals surface area contributed by atoms with Gasteiger partial charge >= 0.3 is 5.97 Å². The minimum Gasteiger partial charge on any atom is -0.469 e. The zero-order chi connectivity index (χ0) is 13.4. The molecule has 7 atom stereocenters. The lowest BCUT2D eigenvalue weighted by atomic mass is 9.78. The molecule has 2 N–H and O–H groups in total. The molecule has 1 aliphatic carbocycles. The summed E-state index contributed by atoms with van der Waals surface area (Å²) in [6, 6.07) is 0. The number of methoxy groups -OCH3 is 2. The molecule has 0 aromatic carbocycles. The van der Waals surface area contributed by atoms with E-state index in [1.807, 2.05) is 6.92 Å². The second kappa shape index (κ2) is 5.13. The number of esters is 1. The van der Waals surface area contributed by atoms with Gasteiger partial charge in [-0.05, 0) is 18.3 Å². The Morgan fingerprint density at radius 1 is 1.33 bits per heavy atom. The number of hydrogen-bond acceptors (Lipinski definition) is 6. The fourth-order valence-electron chi connectivity index (χ4n) is 3.30. The van der Waals surface area contributed by atoms with Crippen LogP contribution >= 0.6 is 0 Å². The van der Waals surface area contributed by atoms with Crippen LogP contribution in [-0.4, -0.2) is 49.1 Å². The second-order valence-electron chi connectivity index (χ2n) is 5.08. The SMILES string of the molecule is COC(=O)C1C(O)OC(OC)C2C(C)C(O)CC12. The quantitative estimate of drug-likeness (QED) is 0.665. The van der Waals surface area contributed by atoms with Gasteiger partial charge in [0.2, 0.25) is 0 Å². The zero-order valence-electron chi connectivity index (χ0n) is 10.8. The highest BCUT2D eigenvalue weighted by atomic mass is 16.7. The van der Waals surface area contributed by atoms with E-state index in [4.69, 9.17) is 14.2 Å². The number of carbonyl (C=O) groups excluding carboxylic acids is 1. The Hall–Kier alpha value is -0.690. The highest BCUT2D eigenvalue weighted by Crippen LogP contribution is 2.48. The summed E-state index contributed by atoms with van der Waals surface area (Å²) in [5.74, 6) is -1.60. The van der Waals surface area contributed by atoms with Crippen LogP contribution in [0.5, 0.6) is 0 Å². The number of fused-ring (bicyclic) bond motifs is 1. The van der Waals surface area contributed by atoms with Crippen LogP contribution in [0.1, 0.15) is 13.3 Å². The Balaban J connectivity index is 2.27. The molecule has 18 heavy (non-hydrogen) atoms. The Labute approximate surface area is 106 Å². The lowest BCUT2D eigenvalue weighted by molar-refractivity contribution is -0.299. The molecule has 2 fully saturated rings. The first-order valence-corrected chi connectivity index (χ1v) is 6.13. The van der Waals surface area contributed by atoms with Gasteiger partial charge in [0.05, 0.1) is 13.2 Å². The van der Waals surface area contributed by atoms with Crippen molar-refractivity contribution in [2.75, 3.05) is 14.2 Å². The van der Waals surface area contributed by atoms with E-state index in [1.54, 1.807) is 0 Å². The van der Waals surface area contributed by atoms with Crippen LogP contribution in [-0.2, 0) is 19.0 Å². The van der Waals surface area contributed by atoms with E-state index in [1.165, 1.54) is 14.2 Å². The van der Waals surface area contributed by atoms with Gasteiger partial charge in [0, 0.05) is 13.0 Å². The van der Waals surface area contributed by atoms with E-state index in [0.29, 0.717) is 6.42 Å². The lowest BCUT2D eigenvalue weighted by Crippen LogP contribution is -2.51. The molecule has 0 spiro atoms. The van der Waals surface area contributed by atoms with Gasteiger partial charge in [-0.2, -0.15) is 0 Å². The highest BCUT2D eigenvalue weighted by Gasteiger charge is 2.56. The topological polar surface area (TPSA) is 85.2 Å². The third-order valence-corrected chi connectivity index (χ3v) is 4.28. The molecule has 1 aliphatic heterocycles. The molecule has 0 aromatic heterocycles. The molecule has 2 aliphatic rings. The maximum Gasteiger partial charge on any atom is 0.314 e. The molecular weight excluding hydrogens is 240 g/mol. The van der Waals surface area contributed by atoms with Crippen LogP contribution in [0.2, 0.25) is 0 Å². The van der Waals surface area contributed by atoms with Crippen molar-refractivity contribution in [3.63, 3.8) is 0 Å². The third kappa shape index (κ3) is 2.03. The molecule has 104 valence electrons. The standard InChI is InChI=1S/C12H20O6/c1-5-7(13)4-6-8(5)12(17-3)18-11(15)9(6)10(14)16-2/h5-9,11-13,15H,4H2,1-3H3. The molecule has 6 nitrogen and oxygen atoms in total. The van der Waals surface area contributed by atoms with Crippen molar-refractivity contribution in [1.82, 2.24) is 0 Å². The summed E-state index contributed by atoms with van der Waals surface area (Å²) >= 11 is 0. The van der Waals surface area contributed by atoms with Crippen LogP contribution in [0.25, 0.3) is 0 Å². The predicted molar refractivity (Wildman–Crippen MR) is 60.2 cm³/mol. The van der Waals surface area contributed by atoms with E-state index < -0.39 is 30.6 Å². The predicted octanol–water partition coefficient (Wildman–Crippen LogP) is -0.270. The van der Waals surface area contributed by atoms with Crippen molar-refractivity contribution in [1.29, 1.82) is 0 Å². The normalized spacial score (nSPS) is 47.7. The van der Waals surface area contributed by atoms with Crippen molar-refractivity contribution >= 4 is 5.97 Å². The van der Waals surface area contributed by atoms with E-state index in [0.717, 1.165) is 0 Å². The molecule has 0 amide bonds. The summed E-state index contributed by atoms with van der Waals surface area (Å²) in [4.78, 5) is 11.7. The number of hydrogen-bond donors (Lipinski definition) is 2. The average molecular weight is 260 g/mol. The second-order valence-corrected chi connectivity index (χ2v) is 5.08. The molecule has 7 unspecified atom stereocenters. The minimum atomic E-state index is -1.25. The maximum absolute atomic E-state index is 11.7. The van der Waals surface area contributed by atoms with Crippen LogP contribution in [0.4, 0.5) is 0 Å². The number of rotatable bonds is 2. The molecule has 6 heteroatoms. The van der Waals surface area contributed by atoms with Gasteiger partial charge in [-0.3, -0.25) is 4.79 Å². The summed E-state index contributed by atoms with van der Waals surface area (Å²) in [5, 5.41) is 19.9. The Morgan fingerprint density at radius 2 is 2.00 bits per heavy atom. The average Bonchev–Trinajstić information content (AvgIpc) is 2.64. The van der Waals surface area contributed by atoms with Crippen molar-refractivity contribution in [3.05, 3.63) is 0 Å². The first-order valence-electron chi connectivity index (χ1n) is 6.13. The number of aliphatic hydroxyl groups excluding tert-OH is 2. The summed E-state index contributed by atoms with van der Waals surface area (Å²) in [5.41, 5.74) is 0. The molecule has 2 rings (SSSR count). The first-order chi connectivity index (χ1) is 8.51. The van der Waals surface area contributed by atoms with Gasteiger partial charge in [0.25, 0.3) is 0 Å². The summed E-state index contributed by atoms with van der Waals surface area (Å²) in [6.45, 7) is 1.90. The van der Waals surface area contributed by atoms with Gasteiger partial charge in [0.15, 0.2) is 12.6 Å². The summed E-state index contributed by atoms with van der Waals surface area (Å²) < 4.78 is 15.2. The van der Waals surface area contributed by atoms with E-state index in [-0.39, 0.29) is 17.8 Å². The molecule has 1 saturated carbocycles. The zero-order valence-corrected chi connectivity index (χ0v) is 10.8. The fourth-order valence-corrected chi connectivity index (χ4v) is 3.30. The van der Waals surface area contributed by atoms with Crippen LogP contribution in [0.15, 0.2) is 0 Å². The largest absolute Gasteiger partial charge is 0.469 e. The number of carbonyl (C=O) groups is 1. The molecule has 0 bridgehead atoms. The van der Waals surface area contributed by atoms with Gasteiger partial charge in [0.1, 0.15) is 5.92 Å². The minimum absolute atomic E-state index is 0.0420. The van der Waals surface area contributed by atoms with E-state index >= 15 is 0 Å². The molecule has 1 heterocycles.